The summed E-state index contributed by atoms with van der Waals surface area (Å²) in [6, 6.07) is 19.6. The lowest BCUT2D eigenvalue weighted by molar-refractivity contribution is -0.149. The van der Waals surface area contributed by atoms with Crippen molar-refractivity contribution in [3.8, 4) is 5.75 Å². The number of anilines is 1. The molecular formula is C27H26N2O6. The molecule has 180 valence electrons. The summed E-state index contributed by atoms with van der Waals surface area (Å²) in [6.45, 7) is 4.18. The van der Waals surface area contributed by atoms with Gasteiger partial charge in [0.1, 0.15) is 16.9 Å². The largest absolute Gasteiger partial charge is 0.482 e. The van der Waals surface area contributed by atoms with Crippen LogP contribution < -0.4 is 10.1 Å². The number of esters is 1. The molecule has 0 radical (unpaired) electrons. The molecular weight excluding hydrogens is 448 g/mol. The van der Waals surface area contributed by atoms with Crippen molar-refractivity contribution < 1.29 is 28.3 Å². The van der Waals surface area contributed by atoms with Gasteiger partial charge >= 0.3 is 5.97 Å². The van der Waals surface area contributed by atoms with Crippen molar-refractivity contribution in [1.82, 2.24) is 4.90 Å². The number of benzene rings is 3. The Bertz CT molecular complexity index is 1370. The molecule has 35 heavy (non-hydrogen) atoms. The summed E-state index contributed by atoms with van der Waals surface area (Å²) < 4.78 is 16.3. The summed E-state index contributed by atoms with van der Waals surface area (Å²) in [4.78, 5) is 38.5. The highest BCUT2D eigenvalue weighted by Crippen LogP contribution is 2.31. The number of nitrogens with one attached hydrogen (secondary N) is 1. The van der Waals surface area contributed by atoms with Crippen LogP contribution in [0, 0.1) is 0 Å². The summed E-state index contributed by atoms with van der Waals surface area (Å²) in [5.74, 6) is -0.823. The molecule has 8 nitrogen and oxygen atoms in total. The highest BCUT2D eigenvalue weighted by Gasteiger charge is 2.14. The maximum Gasteiger partial charge on any atom is 0.344 e. The van der Waals surface area contributed by atoms with Crippen molar-refractivity contribution in [3.05, 3.63) is 72.3 Å². The normalized spacial score (nSPS) is 10.8. The van der Waals surface area contributed by atoms with Crippen LogP contribution in [0.1, 0.15) is 24.2 Å². The Kier molecular flexibility index (Phi) is 7.30. The Morgan fingerprint density at radius 2 is 1.63 bits per heavy atom. The fraction of sp³-hybridized carbons (Fsp3) is 0.222. The molecule has 0 aliphatic heterocycles. The van der Waals surface area contributed by atoms with Gasteiger partial charge < -0.3 is 24.1 Å². The number of hydrogen-bond acceptors (Lipinski definition) is 6. The van der Waals surface area contributed by atoms with Crippen molar-refractivity contribution in [2.75, 3.05) is 31.6 Å². The van der Waals surface area contributed by atoms with Crippen LogP contribution >= 0.6 is 0 Å². The van der Waals surface area contributed by atoms with Crippen molar-refractivity contribution in [2.45, 2.75) is 13.8 Å². The first-order valence-corrected chi connectivity index (χ1v) is 11.4. The zero-order valence-corrected chi connectivity index (χ0v) is 19.6. The van der Waals surface area contributed by atoms with E-state index in [9.17, 15) is 14.4 Å². The van der Waals surface area contributed by atoms with Crippen LogP contribution in [0.5, 0.6) is 5.75 Å². The Balaban J connectivity index is 1.28. The second-order valence-corrected chi connectivity index (χ2v) is 7.81. The number of carbonyl (C=O) groups excluding carboxylic acids is 3. The molecule has 8 heteroatoms. The number of carbonyl (C=O) groups is 3. The van der Waals surface area contributed by atoms with Gasteiger partial charge in [-0.15, -0.1) is 0 Å². The number of fused-ring (bicyclic) bond motifs is 3. The highest BCUT2D eigenvalue weighted by atomic mass is 16.6. The third-order valence-corrected chi connectivity index (χ3v) is 5.51. The van der Waals surface area contributed by atoms with Gasteiger partial charge in [-0.05, 0) is 56.3 Å². The number of hydrogen-bond donors (Lipinski definition) is 1. The van der Waals surface area contributed by atoms with E-state index in [4.69, 9.17) is 13.9 Å². The topological polar surface area (TPSA) is 98.1 Å². The molecule has 0 spiro atoms. The van der Waals surface area contributed by atoms with Gasteiger partial charge in [-0.3, -0.25) is 9.59 Å². The third kappa shape index (κ3) is 5.60. The maximum absolute atomic E-state index is 12.5. The fourth-order valence-electron chi connectivity index (χ4n) is 3.75. The number of ether oxygens (including phenoxy) is 2. The maximum atomic E-state index is 12.5. The van der Waals surface area contributed by atoms with Gasteiger partial charge in [0.05, 0.1) is 0 Å². The molecule has 2 amide bonds. The first kappa shape index (κ1) is 23.8. The number of furan rings is 1. The fourth-order valence-corrected chi connectivity index (χ4v) is 3.75. The van der Waals surface area contributed by atoms with Crippen LogP contribution in [-0.4, -0.2) is 49.0 Å². The predicted octanol–water partition coefficient (Wildman–Crippen LogP) is 4.63. The minimum atomic E-state index is -0.678. The average Bonchev–Trinajstić information content (AvgIpc) is 3.25. The molecule has 0 unspecified atom stereocenters. The van der Waals surface area contributed by atoms with Crippen LogP contribution in [0.25, 0.3) is 21.9 Å². The van der Waals surface area contributed by atoms with Crippen molar-refractivity contribution in [3.63, 3.8) is 0 Å². The first-order chi connectivity index (χ1) is 17.0. The van der Waals surface area contributed by atoms with Crippen LogP contribution in [-0.2, 0) is 14.3 Å². The molecule has 1 N–H and O–H groups in total. The van der Waals surface area contributed by atoms with E-state index in [1.807, 2.05) is 38.1 Å². The zero-order valence-electron chi connectivity index (χ0n) is 19.6. The second-order valence-electron chi connectivity index (χ2n) is 7.81. The molecule has 0 bridgehead atoms. The van der Waals surface area contributed by atoms with Gasteiger partial charge in [0, 0.05) is 35.1 Å². The standard InChI is InChI=1S/C27H26N2O6/c1-3-29(4-2)27(32)18-8-7-9-19(14-18)28-25(30)16-34-26(31)17-33-20-12-13-24-22(15-20)21-10-5-6-11-23(21)35-24/h5-15H,3-4,16-17H2,1-2H3,(H,28,30). The smallest absolute Gasteiger partial charge is 0.344 e. The van der Waals surface area contributed by atoms with E-state index < -0.39 is 18.5 Å². The molecule has 0 saturated heterocycles. The van der Waals surface area contributed by atoms with Gasteiger partial charge in [0.2, 0.25) is 0 Å². The van der Waals surface area contributed by atoms with E-state index in [2.05, 4.69) is 5.32 Å². The van der Waals surface area contributed by atoms with Crippen molar-refractivity contribution >= 4 is 45.4 Å². The molecule has 0 aliphatic rings. The number of amides is 2. The molecule has 0 fully saturated rings. The van der Waals surface area contributed by atoms with E-state index >= 15 is 0 Å². The molecule has 4 rings (SSSR count). The van der Waals surface area contributed by atoms with Gasteiger partial charge in [-0.25, -0.2) is 4.79 Å². The van der Waals surface area contributed by atoms with Crippen molar-refractivity contribution in [1.29, 1.82) is 0 Å². The quantitative estimate of drug-likeness (QED) is 0.355. The molecule has 0 aliphatic carbocycles. The summed E-state index contributed by atoms with van der Waals surface area (Å²) >= 11 is 0. The second kappa shape index (κ2) is 10.7. The highest BCUT2D eigenvalue weighted by molar-refractivity contribution is 6.05. The molecule has 0 atom stereocenters. The Labute approximate surface area is 202 Å². The Morgan fingerprint density at radius 1 is 0.857 bits per heavy atom. The summed E-state index contributed by atoms with van der Waals surface area (Å²) in [6.07, 6.45) is 0. The number of nitrogens with zero attached hydrogens (tertiary/aromatic N) is 1. The van der Waals surface area contributed by atoms with Gasteiger partial charge in [-0.1, -0.05) is 24.3 Å². The SMILES string of the molecule is CCN(CC)C(=O)c1cccc(NC(=O)COC(=O)COc2ccc3oc4ccccc4c3c2)c1. The molecule has 4 aromatic rings. The summed E-state index contributed by atoms with van der Waals surface area (Å²) in [5.41, 5.74) is 2.41. The number of para-hydroxylation sites is 1. The minimum Gasteiger partial charge on any atom is -0.482 e. The van der Waals surface area contributed by atoms with Crippen LogP contribution in [0.3, 0.4) is 0 Å². The van der Waals surface area contributed by atoms with E-state index in [1.54, 1.807) is 47.4 Å². The number of rotatable bonds is 9. The van der Waals surface area contributed by atoms with E-state index in [1.165, 1.54) is 0 Å². The summed E-state index contributed by atoms with van der Waals surface area (Å²) in [7, 11) is 0. The van der Waals surface area contributed by atoms with Gasteiger partial charge in [0.15, 0.2) is 13.2 Å². The van der Waals surface area contributed by atoms with E-state index in [-0.39, 0.29) is 12.5 Å². The van der Waals surface area contributed by atoms with Crippen LogP contribution in [0.2, 0.25) is 0 Å². The molecule has 1 heterocycles. The third-order valence-electron chi connectivity index (χ3n) is 5.51. The monoisotopic (exact) mass is 474 g/mol. The Morgan fingerprint density at radius 3 is 2.43 bits per heavy atom. The lowest BCUT2D eigenvalue weighted by Crippen LogP contribution is -2.30. The lowest BCUT2D eigenvalue weighted by Gasteiger charge is -2.19. The summed E-state index contributed by atoms with van der Waals surface area (Å²) in [5, 5.41) is 4.47. The van der Waals surface area contributed by atoms with Crippen molar-refractivity contribution in [2.24, 2.45) is 0 Å². The zero-order chi connectivity index (χ0) is 24.8. The lowest BCUT2D eigenvalue weighted by atomic mass is 10.1. The van der Waals surface area contributed by atoms with E-state index in [0.29, 0.717) is 30.1 Å². The van der Waals surface area contributed by atoms with E-state index in [0.717, 1.165) is 21.9 Å². The van der Waals surface area contributed by atoms with Crippen LogP contribution in [0.4, 0.5) is 5.69 Å². The first-order valence-electron chi connectivity index (χ1n) is 11.4. The molecule has 1 aromatic heterocycles. The average molecular weight is 475 g/mol. The van der Waals surface area contributed by atoms with Crippen LogP contribution in [0.15, 0.2) is 71.1 Å². The molecule has 0 saturated carbocycles. The predicted molar refractivity (Wildman–Crippen MR) is 132 cm³/mol. The Hall–Kier alpha value is -4.33. The molecule has 3 aromatic carbocycles. The minimum absolute atomic E-state index is 0.115. The van der Waals surface area contributed by atoms with Gasteiger partial charge in [-0.2, -0.15) is 0 Å². The van der Waals surface area contributed by atoms with Gasteiger partial charge in [0.25, 0.3) is 11.8 Å².